The van der Waals surface area contributed by atoms with Crippen LogP contribution in [-0.2, 0) is 0 Å². The van der Waals surface area contributed by atoms with E-state index in [1.54, 1.807) is 24.3 Å². The highest BCUT2D eigenvalue weighted by Gasteiger charge is 2.15. The normalized spacial score (nSPS) is 10.5. The molecule has 0 spiro atoms. The average Bonchev–Trinajstić information content (AvgIpc) is 2.78. The number of ether oxygens (including phenoxy) is 1. The van der Waals surface area contributed by atoms with E-state index in [0.29, 0.717) is 35.4 Å². The van der Waals surface area contributed by atoms with Crippen LogP contribution in [0.2, 0.25) is 0 Å². The molecule has 1 aromatic heterocycles. The zero-order chi connectivity index (χ0) is 20.1. The Morgan fingerprint density at radius 3 is 1.83 bits per heavy atom. The number of rotatable bonds is 6. The summed E-state index contributed by atoms with van der Waals surface area (Å²) in [5.41, 5.74) is 2.25. The second kappa shape index (κ2) is 8.35. The monoisotopic (exact) mass is 381 g/mol. The average molecular weight is 381 g/mol. The van der Waals surface area contributed by atoms with Crippen molar-refractivity contribution in [3.8, 4) is 45.7 Å². The van der Waals surface area contributed by atoms with Gasteiger partial charge in [-0.3, -0.25) is 0 Å². The van der Waals surface area contributed by atoms with E-state index in [1.165, 1.54) is 0 Å². The summed E-state index contributed by atoms with van der Waals surface area (Å²) in [5, 5.41) is 10.6. The van der Waals surface area contributed by atoms with Crippen LogP contribution >= 0.6 is 0 Å². The Morgan fingerprint density at radius 2 is 1.31 bits per heavy atom. The van der Waals surface area contributed by atoms with Crippen molar-refractivity contribution in [2.75, 3.05) is 6.61 Å². The second-order valence-corrected chi connectivity index (χ2v) is 6.32. The smallest absolute Gasteiger partial charge is 0.167 e. The Morgan fingerprint density at radius 1 is 0.759 bits per heavy atom. The van der Waals surface area contributed by atoms with Gasteiger partial charge in [-0.15, -0.1) is 0 Å². The van der Waals surface area contributed by atoms with Crippen LogP contribution in [0.3, 0.4) is 0 Å². The van der Waals surface area contributed by atoms with Crippen LogP contribution in [0.15, 0.2) is 91.5 Å². The molecule has 0 aliphatic rings. The molecule has 0 fully saturated rings. The SMILES string of the molecule is C=CCOc1ccc(-c2nc(-c3ccccc3)nc(-c3ccccc3)n2)c(O)c1. The minimum Gasteiger partial charge on any atom is -0.507 e. The standard InChI is InChI=1S/C24H19N3O2/c1-2-15-29-19-13-14-20(21(28)16-19)24-26-22(17-9-5-3-6-10-17)25-23(27-24)18-11-7-4-8-12-18/h2-14,16,28H,1,15H2. The van der Waals surface area contributed by atoms with Gasteiger partial charge in [-0.05, 0) is 12.1 Å². The predicted molar refractivity (Wildman–Crippen MR) is 113 cm³/mol. The molecule has 0 amide bonds. The first-order chi connectivity index (χ1) is 14.2. The summed E-state index contributed by atoms with van der Waals surface area (Å²) in [6, 6.07) is 24.5. The summed E-state index contributed by atoms with van der Waals surface area (Å²) in [6.45, 7) is 3.99. The molecule has 4 rings (SSSR count). The fourth-order valence-corrected chi connectivity index (χ4v) is 2.87. The van der Waals surface area contributed by atoms with Crippen molar-refractivity contribution in [2.24, 2.45) is 0 Å². The van der Waals surface area contributed by atoms with Crippen LogP contribution in [0.1, 0.15) is 0 Å². The molecule has 3 aromatic carbocycles. The molecule has 0 bridgehead atoms. The fraction of sp³-hybridized carbons (Fsp3) is 0.0417. The Bertz CT molecular complexity index is 1070. The summed E-state index contributed by atoms with van der Waals surface area (Å²) in [6.07, 6.45) is 1.65. The third-order valence-electron chi connectivity index (χ3n) is 4.28. The van der Waals surface area contributed by atoms with Gasteiger partial charge in [0.1, 0.15) is 18.1 Å². The highest BCUT2D eigenvalue weighted by molar-refractivity contribution is 5.70. The first-order valence-electron chi connectivity index (χ1n) is 9.18. The van der Waals surface area contributed by atoms with Gasteiger partial charge in [-0.1, -0.05) is 73.3 Å². The number of hydrogen-bond acceptors (Lipinski definition) is 5. The molecule has 0 saturated carbocycles. The van der Waals surface area contributed by atoms with Crippen molar-refractivity contribution in [1.82, 2.24) is 15.0 Å². The third kappa shape index (κ3) is 4.14. The molecule has 0 unspecified atom stereocenters. The van der Waals surface area contributed by atoms with E-state index < -0.39 is 0 Å². The topological polar surface area (TPSA) is 68.1 Å². The van der Waals surface area contributed by atoms with E-state index in [2.05, 4.69) is 21.5 Å². The number of nitrogens with zero attached hydrogens (tertiary/aromatic N) is 3. The molecule has 5 heteroatoms. The summed E-state index contributed by atoms with van der Waals surface area (Å²) < 4.78 is 5.48. The molecular formula is C24H19N3O2. The zero-order valence-electron chi connectivity index (χ0n) is 15.7. The molecule has 0 atom stereocenters. The van der Waals surface area contributed by atoms with Crippen molar-refractivity contribution in [2.45, 2.75) is 0 Å². The first-order valence-corrected chi connectivity index (χ1v) is 9.18. The van der Waals surface area contributed by atoms with E-state index in [4.69, 9.17) is 4.74 Å². The van der Waals surface area contributed by atoms with Crippen LogP contribution in [-0.4, -0.2) is 26.7 Å². The summed E-state index contributed by atoms with van der Waals surface area (Å²) >= 11 is 0. The number of phenols is 1. The van der Waals surface area contributed by atoms with Gasteiger partial charge in [0.05, 0.1) is 5.56 Å². The van der Waals surface area contributed by atoms with E-state index in [0.717, 1.165) is 11.1 Å². The number of benzene rings is 3. The Hall–Kier alpha value is -3.99. The predicted octanol–water partition coefficient (Wildman–Crippen LogP) is 5.14. The van der Waals surface area contributed by atoms with Gasteiger partial charge >= 0.3 is 0 Å². The van der Waals surface area contributed by atoms with Crippen molar-refractivity contribution >= 4 is 0 Å². The lowest BCUT2D eigenvalue weighted by Crippen LogP contribution is -2.00. The largest absolute Gasteiger partial charge is 0.507 e. The summed E-state index contributed by atoms with van der Waals surface area (Å²) in [4.78, 5) is 13.9. The lowest BCUT2D eigenvalue weighted by Gasteiger charge is -2.10. The van der Waals surface area contributed by atoms with Crippen molar-refractivity contribution in [3.05, 3.63) is 91.5 Å². The molecule has 5 nitrogen and oxygen atoms in total. The lowest BCUT2D eigenvalue weighted by molar-refractivity contribution is 0.360. The molecule has 0 aliphatic heterocycles. The minimum atomic E-state index is 0.0378. The van der Waals surface area contributed by atoms with Crippen molar-refractivity contribution < 1.29 is 9.84 Å². The summed E-state index contributed by atoms with van der Waals surface area (Å²) in [5.74, 6) is 2.06. The Balaban J connectivity index is 1.84. The molecule has 1 heterocycles. The van der Waals surface area contributed by atoms with Crippen LogP contribution in [0, 0.1) is 0 Å². The number of aromatic hydroxyl groups is 1. The quantitative estimate of drug-likeness (QED) is 0.468. The fourth-order valence-electron chi connectivity index (χ4n) is 2.87. The highest BCUT2D eigenvalue weighted by Crippen LogP contribution is 2.32. The van der Waals surface area contributed by atoms with Crippen molar-refractivity contribution in [1.29, 1.82) is 0 Å². The van der Waals surface area contributed by atoms with Gasteiger partial charge in [-0.2, -0.15) is 0 Å². The molecule has 0 aliphatic carbocycles. The number of phenolic OH excluding ortho intramolecular Hbond substituents is 1. The molecule has 1 N–H and O–H groups in total. The Labute approximate surface area is 169 Å². The Kier molecular flexibility index (Phi) is 5.29. The maximum absolute atomic E-state index is 10.6. The van der Waals surface area contributed by atoms with E-state index >= 15 is 0 Å². The van der Waals surface area contributed by atoms with E-state index in [1.807, 2.05) is 60.7 Å². The summed E-state index contributed by atoms with van der Waals surface area (Å²) in [7, 11) is 0. The van der Waals surface area contributed by atoms with E-state index in [-0.39, 0.29) is 5.75 Å². The molecule has 142 valence electrons. The molecule has 29 heavy (non-hydrogen) atoms. The zero-order valence-corrected chi connectivity index (χ0v) is 15.7. The lowest BCUT2D eigenvalue weighted by atomic mass is 10.1. The molecule has 4 aromatic rings. The molecule has 0 radical (unpaired) electrons. The van der Waals surface area contributed by atoms with Gasteiger partial charge in [0.15, 0.2) is 17.5 Å². The minimum absolute atomic E-state index is 0.0378. The highest BCUT2D eigenvalue weighted by atomic mass is 16.5. The van der Waals surface area contributed by atoms with Gasteiger partial charge < -0.3 is 9.84 Å². The van der Waals surface area contributed by atoms with Crippen LogP contribution in [0.25, 0.3) is 34.2 Å². The van der Waals surface area contributed by atoms with E-state index in [9.17, 15) is 5.11 Å². The maximum atomic E-state index is 10.6. The van der Waals surface area contributed by atoms with Crippen LogP contribution < -0.4 is 4.74 Å². The van der Waals surface area contributed by atoms with Gasteiger partial charge in [0.25, 0.3) is 0 Å². The van der Waals surface area contributed by atoms with Gasteiger partial charge in [-0.25, -0.2) is 15.0 Å². The van der Waals surface area contributed by atoms with Gasteiger partial charge in [0.2, 0.25) is 0 Å². The van der Waals surface area contributed by atoms with Crippen LogP contribution in [0.5, 0.6) is 11.5 Å². The first kappa shape index (κ1) is 18.4. The van der Waals surface area contributed by atoms with Crippen LogP contribution in [0.4, 0.5) is 0 Å². The van der Waals surface area contributed by atoms with Crippen molar-refractivity contribution in [3.63, 3.8) is 0 Å². The number of hydrogen-bond donors (Lipinski definition) is 1. The number of aromatic nitrogens is 3. The third-order valence-corrected chi connectivity index (χ3v) is 4.28. The second-order valence-electron chi connectivity index (χ2n) is 6.32. The van der Waals surface area contributed by atoms with Gasteiger partial charge in [0, 0.05) is 17.2 Å². The maximum Gasteiger partial charge on any atom is 0.167 e. The molecular weight excluding hydrogens is 362 g/mol. The molecule has 0 saturated heterocycles.